The number of fused-ring (bicyclic) bond motifs is 3. The second-order valence-corrected chi connectivity index (χ2v) is 12.7. The number of hydrogen-bond donors (Lipinski definition) is 1. The zero-order valence-electron chi connectivity index (χ0n) is 28.1. The van der Waals surface area contributed by atoms with Crippen molar-refractivity contribution < 1.29 is 14.3 Å². The van der Waals surface area contributed by atoms with E-state index in [2.05, 4.69) is 39.6 Å². The lowest BCUT2D eigenvalue weighted by Crippen LogP contribution is -2.45. The minimum absolute atomic E-state index is 0.0784. The number of nitrogens with zero attached hydrogens (tertiary/aromatic N) is 7. The van der Waals surface area contributed by atoms with Gasteiger partial charge >= 0.3 is 0 Å². The Labute approximate surface area is 280 Å². The molecule has 0 radical (unpaired) electrons. The predicted molar refractivity (Wildman–Crippen MR) is 184 cm³/mol. The lowest BCUT2D eigenvalue weighted by Gasteiger charge is -2.32. The molecule has 0 bridgehead atoms. The lowest BCUT2D eigenvalue weighted by atomic mass is 9.91. The van der Waals surface area contributed by atoms with Crippen molar-refractivity contribution in [2.75, 3.05) is 40.5 Å². The van der Waals surface area contributed by atoms with Gasteiger partial charge in [0.1, 0.15) is 11.6 Å². The molecule has 4 heterocycles. The summed E-state index contributed by atoms with van der Waals surface area (Å²) in [7, 11) is 7.29. The van der Waals surface area contributed by atoms with Gasteiger partial charge in [0.05, 0.1) is 37.0 Å². The second kappa shape index (κ2) is 13.7. The van der Waals surface area contributed by atoms with Crippen LogP contribution in [-0.4, -0.2) is 86.8 Å². The summed E-state index contributed by atoms with van der Waals surface area (Å²) in [4.78, 5) is 25.5. The van der Waals surface area contributed by atoms with Gasteiger partial charge < -0.3 is 19.7 Å². The number of likely N-dealkylation sites (tertiary alicyclic amines) is 1. The number of aromatic nitrogens is 6. The standard InChI is InChI=1S/C37H42N8O3/c1-43-23-29(22-39-43)24-5-7-25(8-6-24)36-34-31(42-44(36)2)12-11-28-21-38-33(41-35(28)34)20-26-9-10-27(19-32(26)48-4)37(46)40-30-13-15-45(16-14-30)17-18-47-3/h5-10,19,21-23,30H,11-18,20H2,1-4H3,(H,40,46). The molecule has 48 heavy (non-hydrogen) atoms. The molecule has 2 aromatic carbocycles. The highest BCUT2D eigenvalue weighted by molar-refractivity contribution is 5.95. The molecule has 11 heteroatoms. The second-order valence-electron chi connectivity index (χ2n) is 12.7. The summed E-state index contributed by atoms with van der Waals surface area (Å²) >= 11 is 0. The Bertz CT molecular complexity index is 1920. The van der Waals surface area contributed by atoms with Crippen molar-refractivity contribution in [3.8, 4) is 39.4 Å². The summed E-state index contributed by atoms with van der Waals surface area (Å²) in [6.07, 6.45) is 9.87. The summed E-state index contributed by atoms with van der Waals surface area (Å²) < 4.78 is 14.8. The number of aryl methyl sites for hydroxylation is 4. The highest BCUT2D eigenvalue weighted by Crippen LogP contribution is 2.40. The molecular formula is C37H42N8O3. The van der Waals surface area contributed by atoms with Crippen molar-refractivity contribution in [3.05, 3.63) is 89.3 Å². The molecule has 1 N–H and O–H groups in total. The molecule has 3 aromatic heterocycles. The third-order valence-electron chi connectivity index (χ3n) is 9.53. The SMILES string of the molecule is COCCN1CCC(NC(=O)c2ccc(Cc3ncc4c(n3)-c3c(nn(C)c3-c3ccc(-c5cnn(C)c5)cc3)CC4)c(OC)c2)CC1. The van der Waals surface area contributed by atoms with Crippen LogP contribution >= 0.6 is 0 Å². The molecule has 7 rings (SSSR count). The average Bonchev–Trinajstić information content (AvgIpc) is 3.70. The third kappa shape index (κ3) is 6.48. The zero-order chi connectivity index (χ0) is 33.2. The van der Waals surface area contributed by atoms with Crippen molar-refractivity contribution in [3.63, 3.8) is 0 Å². The van der Waals surface area contributed by atoms with Crippen LogP contribution in [0.3, 0.4) is 0 Å². The summed E-state index contributed by atoms with van der Waals surface area (Å²) in [5, 5.41) is 12.4. The first kappa shape index (κ1) is 31.7. The van der Waals surface area contributed by atoms with Crippen LogP contribution in [-0.2, 0) is 38.1 Å². The van der Waals surface area contributed by atoms with Gasteiger partial charge in [0.25, 0.3) is 5.91 Å². The highest BCUT2D eigenvalue weighted by Gasteiger charge is 2.27. The Balaban J connectivity index is 1.10. The van der Waals surface area contributed by atoms with Gasteiger partial charge in [-0.2, -0.15) is 10.2 Å². The molecule has 1 fully saturated rings. The molecule has 11 nitrogen and oxygen atoms in total. The predicted octanol–water partition coefficient (Wildman–Crippen LogP) is 4.48. The van der Waals surface area contributed by atoms with Crippen LogP contribution in [0.25, 0.3) is 33.6 Å². The fourth-order valence-corrected chi connectivity index (χ4v) is 6.90. The third-order valence-corrected chi connectivity index (χ3v) is 9.53. The van der Waals surface area contributed by atoms with E-state index in [4.69, 9.17) is 24.5 Å². The van der Waals surface area contributed by atoms with E-state index in [9.17, 15) is 4.79 Å². The number of carbonyl (C=O) groups is 1. The quantitative estimate of drug-likeness (QED) is 0.237. The van der Waals surface area contributed by atoms with Gasteiger partial charge in [0, 0.05) is 93.5 Å². The highest BCUT2D eigenvalue weighted by atomic mass is 16.5. The number of amides is 1. The van der Waals surface area contributed by atoms with E-state index in [1.165, 1.54) is 0 Å². The van der Waals surface area contributed by atoms with Gasteiger partial charge in [-0.1, -0.05) is 30.3 Å². The van der Waals surface area contributed by atoms with E-state index >= 15 is 0 Å². The van der Waals surface area contributed by atoms with Crippen LogP contribution in [0.4, 0.5) is 0 Å². The Kier molecular flexibility index (Phi) is 9.05. The minimum Gasteiger partial charge on any atom is -0.496 e. The van der Waals surface area contributed by atoms with Crippen molar-refractivity contribution in [2.24, 2.45) is 14.1 Å². The fourth-order valence-electron chi connectivity index (χ4n) is 6.90. The monoisotopic (exact) mass is 646 g/mol. The molecule has 1 amide bonds. The largest absolute Gasteiger partial charge is 0.496 e. The summed E-state index contributed by atoms with van der Waals surface area (Å²) in [5.74, 6) is 1.26. The Morgan fingerprint density at radius 2 is 1.77 bits per heavy atom. The van der Waals surface area contributed by atoms with Crippen LogP contribution in [0.5, 0.6) is 5.75 Å². The fraction of sp³-hybridized carbons (Fsp3) is 0.378. The molecule has 1 aliphatic carbocycles. The number of carbonyl (C=O) groups excluding carboxylic acids is 1. The maximum Gasteiger partial charge on any atom is 0.251 e. The Hall–Kier alpha value is -4.87. The summed E-state index contributed by atoms with van der Waals surface area (Å²) in [6, 6.07) is 14.3. The number of hydrogen-bond acceptors (Lipinski definition) is 8. The van der Waals surface area contributed by atoms with E-state index in [1.54, 1.807) is 14.2 Å². The van der Waals surface area contributed by atoms with Crippen molar-refractivity contribution in [1.82, 2.24) is 39.7 Å². The molecule has 0 saturated carbocycles. The number of benzene rings is 2. The minimum atomic E-state index is -0.0784. The molecule has 0 atom stereocenters. The number of methoxy groups -OCH3 is 2. The first-order valence-electron chi connectivity index (χ1n) is 16.6. The van der Waals surface area contributed by atoms with Gasteiger partial charge in [-0.25, -0.2) is 9.97 Å². The van der Waals surface area contributed by atoms with Crippen LogP contribution in [0.2, 0.25) is 0 Å². The first-order valence-corrected chi connectivity index (χ1v) is 16.6. The van der Waals surface area contributed by atoms with Crippen molar-refractivity contribution >= 4 is 5.91 Å². The Morgan fingerprint density at radius 1 is 0.979 bits per heavy atom. The van der Waals surface area contributed by atoms with E-state index in [0.29, 0.717) is 23.6 Å². The van der Waals surface area contributed by atoms with E-state index in [0.717, 1.165) is 102 Å². The molecule has 2 aliphatic rings. The van der Waals surface area contributed by atoms with Gasteiger partial charge in [-0.3, -0.25) is 14.2 Å². The number of nitrogens with one attached hydrogen (secondary N) is 1. The van der Waals surface area contributed by atoms with Crippen LogP contribution in [0, 0.1) is 0 Å². The van der Waals surface area contributed by atoms with Gasteiger partial charge in [-0.15, -0.1) is 0 Å². The smallest absolute Gasteiger partial charge is 0.251 e. The maximum atomic E-state index is 13.2. The molecule has 248 valence electrons. The van der Waals surface area contributed by atoms with E-state index in [1.807, 2.05) is 60.2 Å². The summed E-state index contributed by atoms with van der Waals surface area (Å²) in [6.45, 7) is 3.57. The molecule has 0 spiro atoms. The molecule has 5 aromatic rings. The lowest BCUT2D eigenvalue weighted by molar-refractivity contribution is 0.0892. The van der Waals surface area contributed by atoms with Crippen LogP contribution in [0.15, 0.2) is 61.1 Å². The number of piperidine rings is 1. The normalized spacial score (nSPS) is 14.8. The zero-order valence-corrected chi connectivity index (χ0v) is 28.1. The number of rotatable bonds is 10. The number of ether oxygens (including phenoxy) is 2. The van der Waals surface area contributed by atoms with Gasteiger partial charge in [0.2, 0.25) is 0 Å². The van der Waals surface area contributed by atoms with Crippen LogP contribution < -0.4 is 10.1 Å². The first-order chi connectivity index (χ1) is 23.4. The van der Waals surface area contributed by atoms with Crippen LogP contribution in [0.1, 0.15) is 45.8 Å². The molecule has 0 unspecified atom stereocenters. The van der Waals surface area contributed by atoms with E-state index < -0.39 is 0 Å². The molecule has 1 saturated heterocycles. The maximum absolute atomic E-state index is 13.2. The van der Waals surface area contributed by atoms with E-state index in [-0.39, 0.29) is 11.9 Å². The Morgan fingerprint density at radius 3 is 2.50 bits per heavy atom. The van der Waals surface area contributed by atoms with Gasteiger partial charge in [-0.05, 0) is 48.9 Å². The van der Waals surface area contributed by atoms with Gasteiger partial charge in [0.15, 0.2) is 0 Å². The van der Waals surface area contributed by atoms with Crippen molar-refractivity contribution in [2.45, 2.75) is 38.1 Å². The average molecular weight is 647 g/mol. The topological polar surface area (TPSA) is 112 Å². The summed E-state index contributed by atoms with van der Waals surface area (Å²) in [5.41, 5.74) is 10.0. The molecular weight excluding hydrogens is 604 g/mol. The molecule has 1 aliphatic heterocycles. The van der Waals surface area contributed by atoms with Crippen molar-refractivity contribution in [1.29, 1.82) is 0 Å².